The van der Waals surface area contributed by atoms with E-state index in [0.29, 0.717) is 22.2 Å². The van der Waals surface area contributed by atoms with Crippen molar-refractivity contribution in [3.63, 3.8) is 0 Å². The van der Waals surface area contributed by atoms with Crippen molar-refractivity contribution in [2.75, 3.05) is 6.61 Å². The number of carbonyl (C=O) groups is 1. The molecule has 0 aliphatic heterocycles. The first-order valence-electron chi connectivity index (χ1n) is 9.95. The number of para-hydroxylation sites is 1. The summed E-state index contributed by atoms with van der Waals surface area (Å²) < 4.78 is 6.99. The standard InChI is InChI=1S/C24H22N4O3/c1-17-8-2-5-12-22(17)31-16-23(29)26-14-21-19-10-3-4-11-20(19)24(30)28(27-21)15-18-9-6-7-13-25-18/h2-13H,14-16H2,1H3,(H,26,29). The minimum Gasteiger partial charge on any atom is -0.484 e. The lowest BCUT2D eigenvalue weighted by Crippen LogP contribution is -2.31. The van der Waals surface area contributed by atoms with Crippen LogP contribution < -0.4 is 15.6 Å². The molecule has 0 radical (unpaired) electrons. The molecule has 0 fully saturated rings. The van der Waals surface area contributed by atoms with Gasteiger partial charge in [-0.3, -0.25) is 14.6 Å². The van der Waals surface area contributed by atoms with Crippen LogP contribution in [0.15, 0.2) is 77.7 Å². The summed E-state index contributed by atoms with van der Waals surface area (Å²) in [7, 11) is 0. The van der Waals surface area contributed by atoms with Crippen molar-refractivity contribution in [2.24, 2.45) is 0 Å². The average molecular weight is 414 g/mol. The summed E-state index contributed by atoms with van der Waals surface area (Å²) in [5.41, 5.74) is 2.10. The lowest BCUT2D eigenvalue weighted by molar-refractivity contribution is -0.123. The molecule has 2 heterocycles. The highest BCUT2D eigenvalue weighted by atomic mass is 16.5. The molecule has 0 unspecified atom stereocenters. The molecule has 7 heteroatoms. The van der Waals surface area contributed by atoms with Crippen LogP contribution in [0.5, 0.6) is 5.75 Å². The zero-order valence-electron chi connectivity index (χ0n) is 17.1. The molecule has 0 spiro atoms. The van der Waals surface area contributed by atoms with Crippen LogP contribution >= 0.6 is 0 Å². The van der Waals surface area contributed by atoms with Gasteiger partial charge in [0.1, 0.15) is 5.75 Å². The molecule has 0 atom stereocenters. The van der Waals surface area contributed by atoms with Gasteiger partial charge in [0.15, 0.2) is 6.61 Å². The van der Waals surface area contributed by atoms with E-state index in [1.807, 2.05) is 67.6 Å². The van der Waals surface area contributed by atoms with Gasteiger partial charge < -0.3 is 10.1 Å². The van der Waals surface area contributed by atoms with Crippen LogP contribution in [-0.4, -0.2) is 27.3 Å². The molecule has 4 rings (SSSR count). The maximum atomic E-state index is 12.9. The van der Waals surface area contributed by atoms with Crippen molar-refractivity contribution < 1.29 is 9.53 Å². The fourth-order valence-corrected chi connectivity index (χ4v) is 3.28. The van der Waals surface area contributed by atoms with Gasteiger partial charge >= 0.3 is 0 Å². The molecule has 0 saturated heterocycles. The third kappa shape index (κ3) is 4.78. The minimum absolute atomic E-state index is 0.101. The summed E-state index contributed by atoms with van der Waals surface area (Å²) >= 11 is 0. The van der Waals surface area contributed by atoms with Gasteiger partial charge in [-0.15, -0.1) is 0 Å². The number of benzene rings is 2. The van der Waals surface area contributed by atoms with E-state index in [1.165, 1.54) is 4.68 Å². The van der Waals surface area contributed by atoms with Crippen LogP contribution in [0.25, 0.3) is 10.8 Å². The molecule has 0 aliphatic carbocycles. The van der Waals surface area contributed by atoms with Crippen molar-refractivity contribution in [1.29, 1.82) is 0 Å². The Balaban J connectivity index is 1.52. The smallest absolute Gasteiger partial charge is 0.275 e. The Morgan fingerprint density at radius 3 is 2.52 bits per heavy atom. The molecule has 0 aliphatic rings. The van der Waals surface area contributed by atoms with E-state index in [1.54, 1.807) is 12.3 Å². The van der Waals surface area contributed by atoms with Crippen molar-refractivity contribution in [1.82, 2.24) is 20.1 Å². The van der Waals surface area contributed by atoms with Gasteiger partial charge in [0.2, 0.25) is 0 Å². The summed E-state index contributed by atoms with van der Waals surface area (Å²) in [4.78, 5) is 29.5. The number of amides is 1. The first-order chi connectivity index (χ1) is 15.1. The number of hydrogen-bond acceptors (Lipinski definition) is 5. The van der Waals surface area contributed by atoms with Crippen LogP contribution in [0.1, 0.15) is 17.0 Å². The molecule has 4 aromatic rings. The van der Waals surface area contributed by atoms with Crippen molar-refractivity contribution in [3.05, 3.63) is 100 Å². The van der Waals surface area contributed by atoms with Gasteiger partial charge in [-0.1, -0.05) is 42.5 Å². The number of hydrogen-bond donors (Lipinski definition) is 1. The van der Waals surface area contributed by atoms with Gasteiger partial charge in [-0.05, 0) is 36.8 Å². The fraction of sp³-hybridized carbons (Fsp3) is 0.167. The Labute approximate surface area is 179 Å². The first-order valence-corrected chi connectivity index (χ1v) is 9.95. The number of aromatic nitrogens is 3. The molecule has 2 aromatic heterocycles. The van der Waals surface area contributed by atoms with Gasteiger partial charge in [0.05, 0.1) is 29.9 Å². The van der Waals surface area contributed by atoms with Gasteiger partial charge in [0.25, 0.3) is 11.5 Å². The number of pyridine rings is 1. The number of nitrogens with one attached hydrogen (secondary N) is 1. The van der Waals surface area contributed by atoms with E-state index < -0.39 is 0 Å². The van der Waals surface area contributed by atoms with E-state index in [0.717, 1.165) is 11.3 Å². The van der Waals surface area contributed by atoms with E-state index in [2.05, 4.69) is 15.4 Å². The lowest BCUT2D eigenvalue weighted by atomic mass is 10.1. The molecule has 1 N–H and O–H groups in total. The van der Waals surface area contributed by atoms with Gasteiger partial charge in [0, 0.05) is 11.6 Å². The van der Waals surface area contributed by atoms with Crippen LogP contribution in [0, 0.1) is 6.92 Å². The second-order valence-corrected chi connectivity index (χ2v) is 7.11. The number of carbonyl (C=O) groups excluding carboxylic acids is 1. The highest BCUT2D eigenvalue weighted by Gasteiger charge is 2.12. The quantitative estimate of drug-likeness (QED) is 0.503. The molecule has 7 nitrogen and oxygen atoms in total. The third-order valence-corrected chi connectivity index (χ3v) is 4.89. The highest BCUT2D eigenvalue weighted by molar-refractivity contribution is 5.84. The van der Waals surface area contributed by atoms with Crippen molar-refractivity contribution >= 4 is 16.7 Å². The normalized spacial score (nSPS) is 10.7. The molecular formula is C24H22N4O3. The number of fused-ring (bicyclic) bond motifs is 1. The topological polar surface area (TPSA) is 86.1 Å². The summed E-state index contributed by atoms with van der Waals surface area (Å²) in [6, 6.07) is 20.3. The Bertz CT molecular complexity index is 1270. The zero-order chi connectivity index (χ0) is 21.6. The summed E-state index contributed by atoms with van der Waals surface area (Å²) in [5.74, 6) is 0.404. The van der Waals surface area contributed by atoms with Crippen LogP contribution in [0.3, 0.4) is 0 Å². The highest BCUT2D eigenvalue weighted by Crippen LogP contribution is 2.16. The first kappa shape index (κ1) is 20.3. The number of aryl methyl sites for hydroxylation is 1. The maximum Gasteiger partial charge on any atom is 0.275 e. The average Bonchev–Trinajstić information content (AvgIpc) is 2.80. The predicted molar refractivity (Wildman–Crippen MR) is 118 cm³/mol. The monoisotopic (exact) mass is 414 g/mol. The Morgan fingerprint density at radius 1 is 1.00 bits per heavy atom. The van der Waals surface area contributed by atoms with Crippen LogP contribution in [0.2, 0.25) is 0 Å². The van der Waals surface area contributed by atoms with Crippen molar-refractivity contribution in [2.45, 2.75) is 20.0 Å². The predicted octanol–water partition coefficient (Wildman–Crippen LogP) is 2.84. The summed E-state index contributed by atoms with van der Waals surface area (Å²) in [5, 5.41) is 8.61. The van der Waals surface area contributed by atoms with Gasteiger partial charge in [-0.25, -0.2) is 4.68 Å². The zero-order valence-corrected chi connectivity index (χ0v) is 17.1. The SMILES string of the molecule is Cc1ccccc1OCC(=O)NCc1nn(Cc2ccccn2)c(=O)c2ccccc12. The minimum atomic E-state index is -0.267. The Hall–Kier alpha value is -4.00. The summed E-state index contributed by atoms with van der Waals surface area (Å²) in [6.45, 7) is 2.26. The third-order valence-electron chi connectivity index (χ3n) is 4.89. The van der Waals surface area contributed by atoms with Crippen LogP contribution in [-0.2, 0) is 17.9 Å². The number of ether oxygens (including phenoxy) is 1. The number of nitrogens with zero attached hydrogens (tertiary/aromatic N) is 3. The molecule has 2 aromatic carbocycles. The number of rotatable bonds is 7. The van der Waals surface area contributed by atoms with E-state index in [9.17, 15) is 9.59 Å². The molecule has 156 valence electrons. The second-order valence-electron chi connectivity index (χ2n) is 7.11. The molecule has 31 heavy (non-hydrogen) atoms. The Morgan fingerprint density at radius 2 is 1.74 bits per heavy atom. The fourth-order valence-electron chi connectivity index (χ4n) is 3.28. The van der Waals surface area contributed by atoms with E-state index in [4.69, 9.17) is 4.74 Å². The second kappa shape index (κ2) is 9.21. The Kier molecular flexibility index (Phi) is 6.03. The molecular weight excluding hydrogens is 392 g/mol. The summed E-state index contributed by atoms with van der Waals surface area (Å²) in [6.07, 6.45) is 1.68. The van der Waals surface area contributed by atoms with Crippen molar-refractivity contribution in [3.8, 4) is 5.75 Å². The van der Waals surface area contributed by atoms with Gasteiger partial charge in [-0.2, -0.15) is 5.10 Å². The lowest BCUT2D eigenvalue weighted by Gasteiger charge is -2.12. The van der Waals surface area contributed by atoms with E-state index >= 15 is 0 Å². The molecule has 1 amide bonds. The van der Waals surface area contributed by atoms with Crippen LogP contribution in [0.4, 0.5) is 0 Å². The maximum absolute atomic E-state index is 12.9. The molecule has 0 bridgehead atoms. The van der Waals surface area contributed by atoms with E-state index in [-0.39, 0.29) is 31.2 Å². The molecule has 0 saturated carbocycles. The largest absolute Gasteiger partial charge is 0.484 e.